The molecule has 1 N–H and O–H groups in total. The second-order valence-corrected chi connectivity index (χ2v) is 2.87. The molecule has 1 aromatic carbocycles. The predicted octanol–water partition coefficient (Wildman–Crippen LogP) is 1.45. The fourth-order valence-electron chi connectivity index (χ4n) is 1.17. The van der Waals surface area contributed by atoms with Crippen LogP contribution in [-0.2, 0) is 11.3 Å². The fraction of sp³-hybridized carbons (Fsp3) is 0.200. The summed E-state index contributed by atoms with van der Waals surface area (Å²) in [7, 11) is 0. The topological polar surface area (TPSA) is 24.5 Å². The summed E-state index contributed by atoms with van der Waals surface area (Å²) in [5.41, 5.74) is 4.49. The highest BCUT2D eigenvalue weighted by atomic mass is 16.5. The number of hydrogen-bond donors (Lipinski definition) is 1. The zero-order chi connectivity index (χ0) is 8.93. The number of benzene rings is 1. The zero-order valence-corrected chi connectivity index (χ0v) is 7.31. The van der Waals surface area contributed by atoms with Crippen LogP contribution in [0.2, 0.25) is 0 Å². The van der Waals surface area contributed by atoms with Gasteiger partial charge in [0.1, 0.15) is 6.26 Å². The van der Waals surface area contributed by atoms with Crippen molar-refractivity contribution in [2.45, 2.75) is 6.54 Å². The van der Waals surface area contributed by atoms with Crippen molar-refractivity contribution < 1.29 is 4.74 Å². The summed E-state index contributed by atoms with van der Waals surface area (Å²) in [5, 5.41) is 1.91. The molecule has 0 fully saturated rings. The molecule has 1 aliphatic heterocycles. The first-order valence-corrected chi connectivity index (χ1v) is 4.27. The Morgan fingerprint density at radius 1 is 1.31 bits per heavy atom. The third kappa shape index (κ3) is 2.23. The lowest BCUT2D eigenvalue weighted by atomic mass is 10.2. The van der Waals surface area contributed by atoms with Crippen molar-refractivity contribution >= 4 is 0 Å². The molecule has 0 aliphatic carbocycles. The van der Waals surface area contributed by atoms with Crippen molar-refractivity contribution in [1.29, 1.82) is 0 Å². The van der Waals surface area contributed by atoms with Crippen LogP contribution in [0.15, 0.2) is 42.8 Å². The van der Waals surface area contributed by atoms with E-state index in [-0.39, 0.29) is 0 Å². The van der Waals surface area contributed by atoms with E-state index in [1.165, 1.54) is 5.56 Å². The van der Waals surface area contributed by atoms with Gasteiger partial charge in [0.15, 0.2) is 6.73 Å². The van der Waals surface area contributed by atoms with Gasteiger partial charge >= 0.3 is 0 Å². The summed E-state index contributed by atoms with van der Waals surface area (Å²) in [5.74, 6) is 0. The second kappa shape index (κ2) is 3.96. The van der Waals surface area contributed by atoms with Crippen molar-refractivity contribution in [2.24, 2.45) is 0 Å². The maximum Gasteiger partial charge on any atom is 0.173 e. The molecular formula is C10H12N2O. The van der Waals surface area contributed by atoms with Gasteiger partial charge in [-0.2, -0.15) is 0 Å². The Balaban J connectivity index is 1.82. The number of hydrazine groups is 1. The number of nitrogens with one attached hydrogen (secondary N) is 1. The molecule has 0 saturated carbocycles. The second-order valence-electron chi connectivity index (χ2n) is 2.87. The van der Waals surface area contributed by atoms with Gasteiger partial charge in [-0.1, -0.05) is 30.3 Å². The highest BCUT2D eigenvalue weighted by Gasteiger charge is 2.02. The number of rotatable bonds is 3. The Morgan fingerprint density at radius 3 is 2.85 bits per heavy atom. The third-order valence-corrected chi connectivity index (χ3v) is 1.88. The lowest BCUT2D eigenvalue weighted by molar-refractivity contribution is 0.129. The lowest BCUT2D eigenvalue weighted by Gasteiger charge is -2.14. The molecule has 0 unspecified atom stereocenters. The number of ether oxygens (including phenoxy) is 1. The summed E-state index contributed by atoms with van der Waals surface area (Å²) in [6, 6.07) is 10.3. The maximum absolute atomic E-state index is 5.03. The average molecular weight is 176 g/mol. The lowest BCUT2D eigenvalue weighted by Crippen LogP contribution is -2.31. The normalized spacial score (nSPS) is 14.6. The molecule has 0 atom stereocenters. The minimum absolute atomic E-state index is 0.590. The molecule has 13 heavy (non-hydrogen) atoms. The monoisotopic (exact) mass is 176 g/mol. The van der Waals surface area contributed by atoms with Crippen LogP contribution < -0.4 is 5.43 Å². The molecular weight excluding hydrogens is 164 g/mol. The Labute approximate surface area is 77.6 Å². The summed E-state index contributed by atoms with van der Waals surface area (Å²) < 4.78 is 5.03. The maximum atomic E-state index is 5.03. The van der Waals surface area contributed by atoms with Gasteiger partial charge in [-0.25, -0.2) is 5.43 Å². The summed E-state index contributed by atoms with van der Waals surface area (Å²) in [6.07, 6.45) is 3.56. The molecule has 0 saturated heterocycles. The van der Waals surface area contributed by atoms with Gasteiger partial charge in [0.25, 0.3) is 0 Å². The van der Waals surface area contributed by atoms with Gasteiger partial charge in [0, 0.05) is 6.54 Å². The van der Waals surface area contributed by atoms with Gasteiger partial charge < -0.3 is 4.74 Å². The molecule has 1 aliphatic rings. The predicted molar refractivity (Wildman–Crippen MR) is 50.2 cm³/mol. The standard InChI is InChI=1S/C10H12N2O/c1-2-4-10(5-3-1)8-11-12-6-7-13-9-12/h1-7,11H,8-9H2. The molecule has 2 rings (SSSR count). The first kappa shape index (κ1) is 8.13. The van der Waals surface area contributed by atoms with Crippen LogP contribution in [0.25, 0.3) is 0 Å². The quantitative estimate of drug-likeness (QED) is 0.754. The van der Waals surface area contributed by atoms with E-state index in [4.69, 9.17) is 4.74 Å². The van der Waals surface area contributed by atoms with E-state index >= 15 is 0 Å². The van der Waals surface area contributed by atoms with Crippen molar-refractivity contribution in [2.75, 3.05) is 6.73 Å². The third-order valence-electron chi connectivity index (χ3n) is 1.88. The Kier molecular flexibility index (Phi) is 2.48. The van der Waals surface area contributed by atoms with E-state index in [9.17, 15) is 0 Å². The van der Waals surface area contributed by atoms with Crippen molar-refractivity contribution in [3.8, 4) is 0 Å². The van der Waals surface area contributed by atoms with Gasteiger partial charge in [-0.05, 0) is 5.56 Å². The molecule has 0 spiro atoms. The molecule has 1 heterocycles. The van der Waals surface area contributed by atoms with Crippen molar-refractivity contribution in [1.82, 2.24) is 10.4 Å². The highest BCUT2D eigenvalue weighted by molar-refractivity contribution is 5.14. The van der Waals surface area contributed by atoms with Crippen LogP contribution in [0.3, 0.4) is 0 Å². The molecule has 3 nitrogen and oxygen atoms in total. The average Bonchev–Trinajstić information content (AvgIpc) is 2.69. The summed E-state index contributed by atoms with van der Waals surface area (Å²) >= 11 is 0. The Hall–Kier alpha value is -1.48. The SMILES string of the molecule is C1=CN(NCc2ccccc2)CO1. The molecule has 0 bridgehead atoms. The number of nitrogens with zero attached hydrogens (tertiary/aromatic N) is 1. The largest absolute Gasteiger partial charge is 0.478 e. The van der Waals surface area contributed by atoms with E-state index in [2.05, 4.69) is 17.6 Å². The molecule has 0 aromatic heterocycles. The molecule has 0 amide bonds. The number of hydrogen-bond acceptors (Lipinski definition) is 3. The fourth-order valence-corrected chi connectivity index (χ4v) is 1.17. The molecule has 3 heteroatoms. The minimum atomic E-state index is 0.590. The van der Waals surface area contributed by atoms with Crippen LogP contribution in [0.1, 0.15) is 5.56 Å². The van der Waals surface area contributed by atoms with E-state index in [0.717, 1.165) is 6.54 Å². The van der Waals surface area contributed by atoms with Crippen LogP contribution >= 0.6 is 0 Å². The zero-order valence-electron chi connectivity index (χ0n) is 7.31. The van der Waals surface area contributed by atoms with E-state index in [1.54, 1.807) is 6.26 Å². The van der Waals surface area contributed by atoms with Gasteiger partial charge in [-0.3, -0.25) is 5.01 Å². The Bertz CT molecular complexity index is 284. The van der Waals surface area contributed by atoms with Crippen LogP contribution in [-0.4, -0.2) is 11.7 Å². The minimum Gasteiger partial charge on any atom is -0.478 e. The van der Waals surface area contributed by atoms with Crippen LogP contribution in [0, 0.1) is 0 Å². The van der Waals surface area contributed by atoms with E-state index in [1.807, 2.05) is 29.4 Å². The van der Waals surface area contributed by atoms with Crippen molar-refractivity contribution in [3.05, 3.63) is 48.4 Å². The van der Waals surface area contributed by atoms with Gasteiger partial charge in [0.2, 0.25) is 0 Å². The van der Waals surface area contributed by atoms with Gasteiger partial charge in [-0.15, -0.1) is 0 Å². The molecule has 1 aromatic rings. The first-order valence-electron chi connectivity index (χ1n) is 4.27. The van der Waals surface area contributed by atoms with Crippen LogP contribution in [0.4, 0.5) is 0 Å². The van der Waals surface area contributed by atoms with Crippen molar-refractivity contribution in [3.63, 3.8) is 0 Å². The summed E-state index contributed by atoms with van der Waals surface area (Å²) in [6.45, 7) is 1.42. The van der Waals surface area contributed by atoms with E-state index < -0.39 is 0 Å². The summed E-state index contributed by atoms with van der Waals surface area (Å²) in [4.78, 5) is 0. The Morgan fingerprint density at radius 2 is 2.15 bits per heavy atom. The van der Waals surface area contributed by atoms with Crippen LogP contribution in [0.5, 0.6) is 0 Å². The highest BCUT2D eigenvalue weighted by Crippen LogP contribution is 2.00. The van der Waals surface area contributed by atoms with E-state index in [0.29, 0.717) is 6.73 Å². The van der Waals surface area contributed by atoms with Gasteiger partial charge in [0.05, 0.1) is 6.20 Å². The molecule has 0 radical (unpaired) electrons. The smallest absolute Gasteiger partial charge is 0.173 e. The molecule has 68 valence electrons. The first-order chi connectivity index (χ1) is 6.45.